The monoisotopic (exact) mass is 792 g/mol. The van der Waals surface area contributed by atoms with Crippen LogP contribution in [0.4, 0.5) is 0 Å². The number of aryl methyl sites for hydroxylation is 1. The Morgan fingerprint density at radius 3 is 2.30 bits per heavy atom. The summed E-state index contributed by atoms with van der Waals surface area (Å²) in [7, 11) is 0. The maximum atomic E-state index is 8.35. The second kappa shape index (κ2) is 14.1. The van der Waals surface area contributed by atoms with Crippen molar-refractivity contribution < 1.29 is 30.0 Å². The van der Waals surface area contributed by atoms with Crippen molar-refractivity contribution in [1.29, 1.82) is 0 Å². The number of hydrogen-bond donors (Lipinski definition) is 0. The predicted molar refractivity (Wildman–Crippen MR) is 188 cm³/mol. The summed E-state index contributed by atoms with van der Waals surface area (Å²) in [5, 5.41) is 0.936. The Hall–Kier alpha value is -5.09. The van der Waals surface area contributed by atoms with Gasteiger partial charge in [-0.3, -0.25) is 4.98 Å². The molecule has 0 bridgehead atoms. The van der Waals surface area contributed by atoms with E-state index in [1.165, 1.54) is 17.3 Å². The van der Waals surface area contributed by atoms with Gasteiger partial charge in [-0.15, -0.1) is 42.0 Å². The van der Waals surface area contributed by atoms with Crippen molar-refractivity contribution in [3.05, 3.63) is 163 Å². The summed E-state index contributed by atoms with van der Waals surface area (Å²) in [6, 6.07) is 46.8. The zero-order valence-electron chi connectivity index (χ0n) is 29.9. The number of nitrogens with zero attached hydrogens (tertiary/aromatic N) is 3. The van der Waals surface area contributed by atoms with Gasteiger partial charge < -0.3 is 14.0 Å². The van der Waals surface area contributed by atoms with Gasteiger partial charge in [-0.1, -0.05) is 109 Å². The molecule has 0 N–H and O–H groups in total. The molecule has 0 aliphatic heterocycles. The standard InChI is InChI=1S/C30H23N2O.C12H10N.Ir/c1-20(2)23-14-17-25-26(19-33-29(25)18-23)30-31-27-10-6-7-11-28(27)32(30)24-15-12-22(13-16-24)21-8-4-3-5-9-21;1-10-7-8-12(13-9-10)11-5-3-2-4-6-11;/h3-18,20H,1-2H3;2-5,7-9H,1H3;/q2*-1;/i20D;1D3;. The summed E-state index contributed by atoms with van der Waals surface area (Å²) < 4.78 is 38.1. The molecule has 0 saturated carbocycles. The van der Waals surface area contributed by atoms with Crippen LogP contribution in [-0.4, -0.2) is 14.5 Å². The minimum absolute atomic E-state index is 0. The molecular formula is C42H33IrN3O-2. The summed E-state index contributed by atoms with van der Waals surface area (Å²) in [5.41, 5.74) is 9.59. The Labute approximate surface area is 294 Å². The topological polar surface area (TPSA) is 43.9 Å². The van der Waals surface area contributed by atoms with Gasteiger partial charge in [0.05, 0.1) is 16.9 Å². The summed E-state index contributed by atoms with van der Waals surface area (Å²) in [4.78, 5) is 9.09. The van der Waals surface area contributed by atoms with Gasteiger partial charge in [-0.25, -0.2) is 0 Å². The molecule has 0 saturated heterocycles. The van der Waals surface area contributed by atoms with Crippen LogP contribution in [0.5, 0.6) is 0 Å². The number of furan rings is 1. The summed E-state index contributed by atoms with van der Waals surface area (Å²) >= 11 is 0. The van der Waals surface area contributed by atoms with Gasteiger partial charge in [0.25, 0.3) is 0 Å². The zero-order chi connectivity index (χ0) is 34.9. The molecule has 4 nitrogen and oxygen atoms in total. The SMILES string of the molecule is [2H]C(C)(C)c1ccc2c(-c3nc4ccccc4n3-c3ccc(-c4ccccc4)cc3)[c-]oc2c1.[2H]C([2H])([2H])c1ccc(-c2[c-]cccc2)nc1.[Ir]. The molecule has 8 aromatic rings. The fourth-order valence-electron chi connectivity index (χ4n) is 5.45. The largest absolute Gasteiger partial charge is 0.557 e. The van der Waals surface area contributed by atoms with Crippen molar-refractivity contribution in [2.75, 3.05) is 0 Å². The maximum absolute atomic E-state index is 8.35. The van der Waals surface area contributed by atoms with Gasteiger partial charge in [-0.05, 0) is 59.4 Å². The van der Waals surface area contributed by atoms with Crippen molar-refractivity contribution in [2.24, 2.45) is 0 Å². The molecule has 0 aliphatic carbocycles. The second-order valence-corrected chi connectivity index (χ2v) is 11.2. The van der Waals surface area contributed by atoms with E-state index >= 15 is 0 Å². The van der Waals surface area contributed by atoms with E-state index in [9.17, 15) is 0 Å². The number of rotatable bonds is 5. The van der Waals surface area contributed by atoms with Crippen LogP contribution < -0.4 is 0 Å². The van der Waals surface area contributed by atoms with Gasteiger partial charge in [0.2, 0.25) is 0 Å². The molecule has 233 valence electrons. The first-order valence-corrected chi connectivity index (χ1v) is 15.1. The summed E-state index contributed by atoms with van der Waals surface area (Å²) in [5.74, 6) is 0.0831. The number of para-hydroxylation sites is 2. The van der Waals surface area contributed by atoms with Crippen LogP contribution in [0, 0.1) is 19.2 Å². The van der Waals surface area contributed by atoms with E-state index in [0.29, 0.717) is 5.58 Å². The first-order chi connectivity index (χ1) is 24.1. The van der Waals surface area contributed by atoms with Crippen molar-refractivity contribution in [1.82, 2.24) is 14.5 Å². The molecule has 0 amide bonds. The third kappa shape index (κ3) is 6.73. The van der Waals surface area contributed by atoms with E-state index in [1.54, 1.807) is 18.2 Å². The van der Waals surface area contributed by atoms with Gasteiger partial charge in [-0.2, -0.15) is 0 Å². The summed E-state index contributed by atoms with van der Waals surface area (Å²) in [6.45, 7) is 1.66. The Bertz CT molecular complexity index is 2380. The molecule has 0 aliphatic rings. The minimum atomic E-state index is -2.09. The molecule has 0 atom stereocenters. The second-order valence-electron chi connectivity index (χ2n) is 11.2. The van der Waals surface area contributed by atoms with Gasteiger partial charge in [0.1, 0.15) is 0 Å². The van der Waals surface area contributed by atoms with Crippen molar-refractivity contribution in [2.45, 2.75) is 26.6 Å². The third-order valence-corrected chi connectivity index (χ3v) is 7.86. The van der Waals surface area contributed by atoms with E-state index < -0.39 is 12.7 Å². The fourth-order valence-corrected chi connectivity index (χ4v) is 5.45. The molecule has 3 aromatic heterocycles. The van der Waals surface area contributed by atoms with Crippen LogP contribution in [0.15, 0.2) is 144 Å². The zero-order valence-corrected chi connectivity index (χ0v) is 28.3. The summed E-state index contributed by atoms with van der Waals surface area (Å²) in [6.07, 6.45) is 4.49. The molecule has 0 fully saturated rings. The van der Waals surface area contributed by atoms with E-state index in [-0.39, 0.29) is 25.7 Å². The normalized spacial score (nSPS) is 12.6. The Kier molecular flexibility index (Phi) is 8.14. The van der Waals surface area contributed by atoms with E-state index in [0.717, 1.165) is 50.3 Å². The minimum Gasteiger partial charge on any atom is -0.557 e. The number of pyridine rings is 1. The molecule has 3 heterocycles. The Morgan fingerprint density at radius 2 is 1.57 bits per heavy atom. The molecule has 47 heavy (non-hydrogen) atoms. The van der Waals surface area contributed by atoms with Gasteiger partial charge in [0.15, 0.2) is 0 Å². The molecule has 0 spiro atoms. The number of imidazole rings is 1. The van der Waals surface area contributed by atoms with E-state index in [2.05, 4.69) is 76.5 Å². The Balaban J connectivity index is 0.000000222. The van der Waals surface area contributed by atoms with E-state index in [4.69, 9.17) is 14.9 Å². The van der Waals surface area contributed by atoms with Gasteiger partial charge >= 0.3 is 0 Å². The van der Waals surface area contributed by atoms with Crippen molar-refractivity contribution in [3.63, 3.8) is 0 Å². The average molecular weight is 792 g/mol. The fraction of sp³-hybridized carbons (Fsp3) is 0.0952. The van der Waals surface area contributed by atoms with Crippen LogP contribution in [0.1, 0.15) is 36.4 Å². The average Bonchev–Trinajstić information content (AvgIpc) is 3.73. The van der Waals surface area contributed by atoms with Crippen LogP contribution in [-0.2, 0) is 20.1 Å². The number of hydrogen-bond acceptors (Lipinski definition) is 3. The molecule has 5 heteroatoms. The quantitative estimate of drug-likeness (QED) is 0.163. The van der Waals surface area contributed by atoms with Gasteiger partial charge in [0, 0.05) is 49.3 Å². The van der Waals surface area contributed by atoms with Crippen LogP contribution in [0.25, 0.3) is 61.5 Å². The molecule has 5 aromatic carbocycles. The molecular weight excluding hydrogens is 755 g/mol. The predicted octanol–water partition coefficient (Wildman–Crippen LogP) is 10.9. The third-order valence-electron chi connectivity index (χ3n) is 7.86. The molecule has 0 unspecified atom stereocenters. The van der Waals surface area contributed by atoms with Crippen molar-refractivity contribution >= 4 is 22.0 Å². The molecule has 1 radical (unpaired) electrons. The van der Waals surface area contributed by atoms with Crippen LogP contribution in [0.2, 0.25) is 0 Å². The van der Waals surface area contributed by atoms with E-state index in [1.807, 2.05) is 74.5 Å². The first-order valence-electron chi connectivity index (χ1n) is 17.1. The number of benzene rings is 5. The van der Waals surface area contributed by atoms with Crippen LogP contribution in [0.3, 0.4) is 0 Å². The first kappa shape index (κ1) is 27.1. The van der Waals surface area contributed by atoms with Crippen molar-refractivity contribution in [3.8, 4) is 39.5 Å². The number of aromatic nitrogens is 3. The number of fused-ring (bicyclic) bond motifs is 2. The maximum Gasteiger partial charge on any atom is 0.0774 e. The van der Waals surface area contributed by atoms with Crippen LogP contribution >= 0.6 is 0 Å². The Morgan fingerprint density at radius 1 is 0.809 bits per heavy atom. The molecule has 8 rings (SSSR count). The smallest absolute Gasteiger partial charge is 0.0774 e.